The van der Waals surface area contributed by atoms with E-state index in [4.69, 9.17) is 27.9 Å². The van der Waals surface area contributed by atoms with Crippen molar-refractivity contribution < 1.29 is 23.4 Å². The minimum atomic E-state index is -0.788. The first-order chi connectivity index (χ1) is 17.8. The molecule has 1 atom stereocenters. The van der Waals surface area contributed by atoms with Gasteiger partial charge in [0.15, 0.2) is 5.78 Å². The van der Waals surface area contributed by atoms with Gasteiger partial charge in [-0.3, -0.25) is 9.69 Å². The van der Waals surface area contributed by atoms with E-state index in [9.17, 15) is 18.7 Å². The zero-order valence-electron chi connectivity index (χ0n) is 20.6. The number of benzene rings is 3. The largest absolute Gasteiger partial charge is 0.490 e. The van der Waals surface area contributed by atoms with Gasteiger partial charge in [0.25, 0.3) is 0 Å². The summed E-state index contributed by atoms with van der Waals surface area (Å²) in [5.41, 5.74) is 1.94. The lowest BCUT2D eigenvalue weighted by Crippen LogP contribution is -2.49. The highest BCUT2D eigenvalue weighted by Gasteiger charge is 2.21. The summed E-state index contributed by atoms with van der Waals surface area (Å²) in [4.78, 5) is 17.1. The molecule has 10 heteroatoms. The average molecular weight is 586 g/mol. The van der Waals surface area contributed by atoms with E-state index >= 15 is 0 Å². The first-order valence-corrected chi connectivity index (χ1v) is 12.8. The molecule has 5 nitrogen and oxygen atoms in total. The fourth-order valence-electron chi connectivity index (χ4n) is 4.30. The number of halogens is 5. The number of aliphatic hydroxyl groups is 1. The number of aliphatic hydroxyl groups excluding tert-OH is 1. The van der Waals surface area contributed by atoms with Crippen LogP contribution in [0, 0.1) is 11.6 Å². The van der Waals surface area contributed by atoms with Crippen molar-refractivity contribution in [3.8, 4) is 5.75 Å². The number of nitrogens with zero attached hydrogens (tertiary/aromatic N) is 2. The zero-order chi connectivity index (χ0) is 26.4. The number of hydrogen-bond donors (Lipinski definition) is 1. The van der Waals surface area contributed by atoms with Gasteiger partial charge in [0.1, 0.15) is 30.1 Å². The van der Waals surface area contributed by atoms with E-state index in [1.54, 1.807) is 18.2 Å². The van der Waals surface area contributed by atoms with Gasteiger partial charge < -0.3 is 14.7 Å². The summed E-state index contributed by atoms with van der Waals surface area (Å²) in [5.74, 6) is -0.943. The second kappa shape index (κ2) is 14.1. The molecule has 0 amide bonds. The normalized spacial score (nSPS) is 14.6. The molecule has 0 saturated carbocycles. The van der Waals surface area contributed by atoms with E-state index in [1.165, 1.54) is 24.3 Å². The highest BCUT2D eigenvalue weighted by molar-refractivity contribution is 6.42. The lowest BCUT2D eigenvalue weighted by atomic mass is 10.0. The van der Waals surface area contributed by atoms with Crippen LogP contribution in [0.15, 0.2) is 60.7 Å². The maximum atomic E-state index is 13.9. The minimum absolute atomic E-state index is 0. The van der Waals surface area contributed by atoms with Crippen LogP contribution in [0.3, 0.4) is 0 Å². The van der Waals surface area contributed by atoms with Gasteiger partial charge in [-0.2, -0.15) is 0 Å². The van der Waals surface area contributed by atoms with Gasteiger partial charge in [0.05, 0.1) is 15.6 Å². The zero-order valence-corrected chi connectivity index (χ0v) is 22.9. The summed E-state index contributed by atoms with van der Waals surface area (Å²) < 4.78 is 32.7. The van der Waals surface area contributed by atoms with E-state index in [2.05, 4.69) is 9.80 Å². The summed E-state index contributed by atoms with van der Waals surface area (Å²) in [6.07, 6.45) is -0.271. The van der Waals surface area contributed by atoms with E-state index in [1.807, 2.05) is 12.1 Å². The SMILES string of the molecule is Cl.O=C(CCc1ccc(F)cc1)c1cc(F)ccc1OCC(O)CN1CCN(c2ccc(Cl)c(Cl)c2)CC1. The van der Waals surface area contributed by atoms with Gasteiger partial charge in [0.2, 0.25) is 0 Å². The Morgan fingerprint density at radius 2 is 1.61 bits per heavy atom. The van der Waals surface area contributed by atoms with Crippen LogP contribution in [0.4, 0.5) is 14.5 Å². The fraction of sp³-hybridized carbons (Fsp3) is 0.321. The molecule has 1 fully saturated rings. The standard InChI is InChI=1S/C28H28Cl2F2N2O3.ClH/c29-25-8-7-22(16-26(25)30)34-13-11-33(12-14-34)17-23(35)18-37-28-10-6-21(32)15-24(28)27(36)9-3-19-1-4-20(31)5-2-19;/h1-2,4-8,10,15-16,23,35H,3,9,11-14,17-18H2;1H. The summed E-state index contributed by atoms with van der Waals surface area (Å²) in [6.45, 7) is 3.43. The number of piperazine rings is 1. The molecule has 0 bridgehead atoms. The van der Waals surface area contributed by atoms with Crippen LogP contribution in [0.1, 0.15) is 22.3 Å². The van der Waals surface area contributed by atoms with Crippen molar-refractivity contribution in [2.75, 3.05) is 44.2 Å². The van der Waals surface area contributed by atoms with Crippen molar-refractivity contribution in [1.29, 1.82) is 0 Å². The number of β-amino-alcohol motifs (C(OH)–C–C–N with tert-alkyl or cyclic N) is 1. The third-order valence-electron chi connectivity index (χ3n) is 6.34. The van der Waals surface area contributed by atoms with Crippen LogP contribution in [0.2, 0.25) is 10.0 Å². The van der Waals surface area contributed by atoms with Gasteiger partial charge in [-0.1, -0.05) is 35.3 Å². The number of hydrogen-bond acceptors (Lipinski definition) is 5. The summed E-state index contributed by atoms with van der Waals surface area (Å²) >= 11 is 12.1. The molecule has 1 saturated heterocycles. The molecule has 38 heavy (non-hydrogen) atoms. The predicted octanol–water partition coefficient (Wildman–Crippen LogP) is 6.07. The highest BCUT2D eigenvalue weighted by Crippen LogP contribution is 2.28. The maximum Gasteiger partial charge on any atom is 0.167 e. The van der Waals surface area contributed by atoms with Crippen LogP contribution in [-0.2, 0) is 6.42 Å². The van der Waals surface area contributed by atoms with Crippen LogP contribution < -0.4 is 9.64 Å². The summed E-state index contributed by atoms with van der Waals surface area (Å²) in [7, 11) is 0. The molecule has 1 heterocycles. The number of Topliss-reactive ketones (excluding diaryl/α,β-unsaturated/α-hetero) is 1. The Bertz CT molecular complexity index is 1220. The van der Waals surface area contributed by atoms with Crippen LogP contribution in [0.5, 0.6) is 5.75 Å². The Hall–Kier alpha value is -2.42. The second-order valence-corrected chi connectivity index (χ2v) is 9.86. The second-order valence-electron chi connectivity index (χ2n) is 9.04. The Labute approximate surface area is 237 Å². The van der Waals surface area contributed by atoms with Crippen molar-refractivity contribution in [2.45, 2.75) is 18.9 Å². The van der Waals surface area contributed by atoms with Gasteiger partial charge in [0, 0.05) is 44.8 Å². The minimum Gasteiger partial charge on any atom is -0.490 e. The molecular weight excluding hydrogens is 557 g/mol. The molecule has 3 aromatic carbocycles. The van der Waals surface area contributed by atoms with E-state index in [-0.39, 0.29) is 48.3 Å². The smallest absolute Gasteiger partial charge is 0.167 e. The number of ketones is 1. The number of ether oxygens (including phenoxy) is 1. The molecule has 1 aliphatic heterocycles. The highest BCUT2D eigenvalue weighted by atomic mass is 35.5. The number of carbonyl (C=O) groups excluding carboxylic acids is 1. The van der Waals surface area contributed by atoms with Crippen molar-refractivity contribution >= 4 is 47.1 Å². The monoisotopic (exact) mass is 584 g/mol. The van der Waals surface area contributed by atoms with Gasteiger partial charge in [-0.05, 0) is 60.5 Å². The lowest BCUT2D eigenvalue weighted by molar-refractivity contribution is 0.0655. The number of anilines is 1. The summed E-state index contributed by atoms with van der Waals surface area (Å²) in [6, 6.07) is 15.3. The average Bonchev–Trinajstić information content (AvgIpc) is 2.89. The summed E-state index contributed by atoms with van der Waals surface area (Å²) in [5, 5.41) is 11.6. The van der Waals surface area contributed by atoms with Crippen LogP contribution in [-0.4, -0.2) is 61.2 Å². The quantitative estimate of drug-likeness (QED) is 0.293. The number of rotatable bonds is 10. The van der Waals surface area contributed by atoms with Crippen molar-refractivity contribution in [3.63, 3.8) is 0 Å². The fourth-order valence-corrected chi connectivity index (χ4v) is 4.59. The first-order valence-electron chi connectivity index (χ1n) is 12.1. The molecule has 0 aromatic heterocycles. The van der Waals surface area contributed by atoms with E-state index < -0.39 is 11.9 Å². The van der Waals surface area contributed by atoms with Crippen molar-refractivity contribution in [1.82, 2.24) is 4.90 Å². The Balaban J connectivity index is 0.00000400. The van der Waals surface area contributed by atoms with Crippen molar-refractivity contribution in [2.24, 2.45) is 0 Å². The maximum absolute atomic E-state index is 13.9. The van der Waals surface area contributed by atoms with Gasteiger partial charge in [-0.25, -0.2) is 8.78 Å². The van der Waals surface area contributed by atoms with Crippen LogP contribution >= 0.6 is 35.6 Å². The predicted molar refractivity (Wildman–Crippen MR) is 149 cm³/mol. The van der Waals surface area contributed by atoms with Crippen molar-refractivity contribution in [3.05, 3.63) is 93.5 Å². The van der Waals surface area contributed by atoms with Gasteiger partial charge >= 0.3 is 0 Å². The topological polar surface area (TPSA) is 53.0 Å². The lowest BCUT2D eigenvalue weighted by Gasteiger charge is -2.37. The molecule has 1 unspecified atom stereocenters. The third kappa shape index (κ3) is 8.29. The van der Waals surface area contributed by atoms with Crippen LogP contribution in [0.25, 0.3) is 0 Å². The molecule has 0 aliphatic carbocycles. The number of aryl methyl sites for hydroxylation is 1. The Kier molecular flexibility index (Phi) is 11.2. The van der Waals surface area contributed by atoms with Gasteiger partial charge in [-0.15, -0.1) is 12.4 Å². The third-order valence-corrected chi connectivity index (χ3v) is 7.08. The first kappa shape index (κ1) is 30.1. The Morgan fingerprint density at radius 1 is 0.921 bits per heavy atom. The molecule has 1 aliphatic rings. The Morgan fingerprint density at radius 3 is 2.29 bits per heavy atom. The molecule has 204 valence electrons. The molecule has 0 radical (unpaired) electrons. The molecular formula is C28H29Cl3F2N2O3. The molecule has 3 aromatic rings. The molecule has 1 N–H and O–H groups in total. The van der Waals surface area contributed by atoms with E-state index in [0.29, 0.717) is 23.0 Å². The molecule has 0 spiro atoms. The van der Waals surface area contributed by atoms with E-state index in [0.717, 1.165) is 43.5 Å². The molecule has 4 rings (SSSR count). The number of carbonyl (C=O) groups is 1.